The zero-order valence-corrected chi connectivity index (χ0v) is 14.3. The minimum Gasteiger partial charge on any atom is -0.468 e. The van der Waals surface area contributed by atoms with E-state index >= 15 is 0 Å². The molecule has 0 radical (unpaired) electrons. The number of amides is 1. The van der Waals surface area contributed by atoms with Crippen molar-refractivity contribution >= 4 is 5.91 Å². The number of carbonyl (C=O) groups excluding carboxylic acids is 1. The first-order valence-corrected chi connectivity index (χ1v) is 8.58. The smallest absolute Gasteiger partial charge is 0.251 e. The Morgan fingerprint density at radius 2 is 2.08 bits per heavy atom. The number of hydrogen-bond donors (Lipinski definition) is 1. The first-order chi connectivity index (χ1) is 12.2. The molecule has 0 atom stereocenters. The highest BCUT2D eigenvalue weighted by Gasteiger charge is 2.23. The first kappa shape index (κ1) is 17.5. The van der Waals surface area contributed by atoms with Gasteiger partial charge in [0.05, 0.1) is 19.4 Å². The van der Waals surface area contributed by atoms with Gasteiger partial charge in [-0.05, 0) is 42.7 Å². The number of nitrogens with one attached hydrogen (secondary N) is 1. The fraction of sp³-hybridized carbons (Fsp3) is 0.350. The Morgan fingerprint density at radius 1 is 1.28 bits per heavy atom. The van der Waals surface area contributed by atoms with E-state index in [0.717, 1.165) is 24.2 Å². The van der Waals surface area contributed by atoms with Crippen LogP contribution < -0.4 is 5.32 Å². The molecule has 1 aromatic heterocycles. The normalized spacial score (nSPS) is 13.8. The second-order valence-corrected chi connectivity index (χ2v) is 6.30. The van der Waals surface area contributed by atoms with Crippen LogP contribution >= 0.6 is 0 Å². The van der Waals surface area contributed by atoms with E-state index in [1.165, 1.54) is 0 Å². The van der Waals surface area contributed by atoms with Gasteiger partial charge in [-0.25, -0.2) is 0 Å². The van der Waals surface area contributed by atoms with E-state index in [0.29, 0.717) is 38.0 Å². The third-order valence-electron chi connectivity index (χ3n) is 4.00. The molecule has 1 aliphatic rings. The van der Waals surface area contributed by atoms with Crippen molar-refractivity contribution in [1.82, 2.24) is 10.2 Å². The summed E-state index contributed by atoms with van der Waals surface area (Å²) in [4.78, 5) is 14.2. The molecule has 0 saturated heterocycles. The molecule has 1 aromatic carbocycles. The topological polar surface area (TPSA) is 54.7 Å². The quantitative estimate of drug-likeness (QED) is 0.409. The van der Waals surface area contributed by atoms with E-state index in [4.69, 9.17) is 9.15 Å². The van der Waals surface area contributed by atoms with Crippen LogP contribution in [0.2, 0.25) is 0 Å². The molecule has 1 fully saturated rings. The molecule has 3 rings (SSSR count). The third-order valence-corrected chi connectivity index (χ3v) is 4.00. The SMILES string of the molecule is C=CCOCN(Cc1ccc(C(=O)NC2CC2)cc1)Cc1ccco1. The van der Waals surface area contributed by atoms with Crippen LogP contribution in [0.3, 0.4) is 0 Å². The Balaban J connectivity index is 1.59. The minimum atomic E-state index is 0.0100. The van der Waals surface area contributed by atoms with E-state index in [1.54, 1.807) is 12.3 Å². The fourth-order valence-corrected chi connectivity index (χ4v) is 2.55. The maximum Gasteiger partial charge on any atom is 0.251 e. The summed E-state index contributed by atoms with van der Waals surface area (Å²) >= 11 is 0. The maximum atomic E-state index is 12.1. The number of carbonyl (C=O) groups is 1. The van der Waals surface area contributed by atoms with Crippen molar-refractivity contribution in [2.24, 2.45) is 0 Å². The van der Waals surface area contributed by atoms with Gasteiger partial charge in [0.15, 0.2) is 0 Å². The van der Waals surface area contributed by atoms with E-state index in [-0.39, 0.29) is 5.91 Å². The molecule has 1 heterocycles. The van der Waals surface area contributed by atoms with E-state index in [2.05, 4.69) is 16.8 Å². The summed E-state index contributed by atoms with van der Waals surface area (Å²) < 4.78 is 11.0. The highest BCUT2D eigenvalue weighted by atomic mass is 16.5. The summed E-state index contributed by atoms with van der Waals surface area (Å²) in [6.07, 6.45) is 5.59. The molecule has 25 heavy (non-hydrogen) atoms. The summed E-state index contributed by atoms with van der Waals surface area (Å²) in [6, 6.07) is 11.9. The second kappa shape index (κ2) is 8.65. The van der Waals surface area contributed by atoms with Gasteiger partial charge in [-0.3, -0.25) is 9.69 Å². The van der Waals surface area contributed by atoms with Crippen LogP contribution in [-0.4, -0.2) is 30.2 Å². The largest absolute Gasteiger partial charge is 0.468 e. The molecule has 1 amide bonds. The number of hydrogen-bond acceptors (Lipinski definition) is 4. The molecule has 5 heteroatoms. The van der Waals surface area contributed by atoms with Crippen LogP contribution in [0.15, 0.2) is 59.7 Å². The lowest BCUT2D eigenvalue weighted by Gasteiger charge is -2.21. The van der Waals surface area contributed by atoms with Crippen molar-refractivity contribution in [2.75, 3.05) is 13.3 Å². The van der Waals surface area contributed by atoms with Crippen LogP contribution in [0, 0.1) is 0 Å². The summed E-state index contributed by atoms with van der Waals surface area (Å²) in [7, 11) is 0. The van der Waals surface area contributed by atoms with Crippen molar-refractivity contribution in [3.8, 4) is 0 Å². The van der Waals surface area contributed by atoms with Crippen LogP contribution in [0.1, 0.15) is 34.5 Å². The average Bonchev–Trinajstić information content (AvgIpc) is 3.28. The van der Waals surface area contributed by atoms with Crippen molar-refractivity contribution in [3.05, 3.63) is 72.2 Å². The van der Waals surface area contributed by atoms with E-state index in [9.17, 15) is 4.79 Å². The van der Waals surface area contributed by atoms with Crippen molar-refractivity contribution in [1.29, 1.82) is 0 Å². The van der Waals surface area contributed by atoms with Gasteiger partial charge in [0, 0.05) is 18.2 Å². The lowest BCUT2D eigenvalue weighted by atomic mass is 10.1. The van der Waals surface area contributed by atoms with Gasteiger partial charge in [0.1, 0.15) is 12.5 Å². The molecule has 1 aliphatic carbocycles. The molecule has 2 aromatic rings. The summed E-state index contributed by atoms with van der Waals surface area (Å²) in [5.41, 5.74) is 1.83. The van der Waals surface area contributed by atoms with Crippen molar-refractivity contribution in [3.63, 3.8) is 0 Å². The van der Waals surface area contributed by atoms with Crippen LogP contribution in [0.5, 0.6) is 0 Å². The zero-order valence-electron chi connectivity index (χ0n) is 14.3. The highest BCUT2D eigenvalue weighted by molar-refractivity contribution is 5.94. The van der Waals surface area contributed by atoms with Gasteiger partial charge in [-0.2, -0.15) is 0 Å². The average molecular weight is 340 g/mol. The predicted molar refractivity (Wildman–Crippen MR) is 95.9 cm³/mol. The summed E-state index contributed by atoms with van der Waals surface area (Å²) in [6.45, 7) is 6.03. The lowest BCUT2D eigenvalue weighted by molar-refractivity contribution is 0.0299. The molecule has 0 spiro atoms. The van der Waals surface area contributed by atoms with Crippen LogP contribution in [-0.2, 0) is 17.8 Å². The standard InChI is InChI=1S/C20H24N2O3/c1-2-11-24-15-22(14-19-4-3-12-25-19)13-16-5-7-17(8-6-16)20(23)21-18-9-10-18/h2-8,12,18H,1,9-11,13-15H2,(H,21,23). The van der Waals surface area contributed by atoms with Crippen LogP contribution in [0.25, 0.3) is 0 Å². The number of nitrogens with zero attached hydrogens (tertiary/aromatic N) is 1. The first-order valence-electron chi connectivity index (χ1n) is 8.58. The maximum absolute atomic E-state index is 12.1. The van der Waals surface area contributed by atoms with Gasteiger partial charge < -0.3 is 14.5 Å². The Morgan fingerprint density at radius 3 is 2.72 bits per heavy atom. The van der Waals surface area contributed by atoms with E-state index < -0.39 is 0 Å². The Hall–Kier alpha value is -2.37. The van der Waals surface area contributed by atoms with Crippen molar-refractivity contribution < 1.29 is 13.9 Å². The molecule has 0 bridgehead atoms. The third kappa shape index (κ3) is 5.59. The van der Waals surface area contributed by atoms with E-state index in [1.807, 2.05) is 36.4 Å². The molecule has 1 N–H and O–H groups in total. The van der Waals surface area contributed by atoms with Crippen LogP contribution in [0.4, 0.5) is 0 Å². The van der Waals surface area contributed by atoms with Gasteiger partial charge in [0.2, 0.25) is 0 Å². The molecular weight excluding hydrogens is 316 g/mol. The Bertz CT molecular complexity index is 675. The van der Waals surface area contributed by atoms with Gasteiger partial charge in [-0.1, -0.05) is 18.2 Å². The molecule has 1 saturated carbocycles. The van der Waals surface area contributed by atoms with Gasteiger partial charge >= 0.3 is 0 Å². The fourth-order valence-electron chi connectivity index (χ4n) is 2.55. The number of ether oxygens (including phenoxy) is 1. The lowest BCUT2D eigenvalue weighted by Crippen LogP contribution is -2.26. The molecule has 132 valence electrons. The zero-order chi connectivity index (χ0) is 17.5. The highest BCUT2D eigenvalue weighted by Crippen LogP contribution is 2.19. The number of rotatable bonds is 10. The molecular formula is C20H24N2O3. The Labute approximate surface area is 148 Å². The second-order valence-electron chi connectivity index (χ2n) is 6.30. The molecule has 0 aliphatic heterocycles. The monoisotopic (exact) mass is 340 g/mol. The predicted octanol–water partition coefficient (Wildman–Crippen LogP) is 3.33. The van der Waals surface area contributed by atoms with Crippen molar-refractivity contribution in [2.45, 2.75) is 32.0 Å². The Kier molecular flexibility index (Phi) is 6.04. The number of benzene rings is 1. The molecule has 5 nitrogen and oxygen atoms in total. The summed E-state index contributed by atoms with van der Waals surface area (Å²) in [5.74, 6) is 0.901. The minimum absolute atomic E-state index is 0.0100. The van der Waals surface area contributed by atoms with Gasteiger partial charge in [0.25, 0.3) is 5.91 Å². The molecule has 0 unspecified atom stereocenters. The van der Waals surface area contributed by atoms with Gasteiger partial charge in [-0.15, -0.1) is 6.58 Å². The summed E-state index contributed by atoms with van der Waals surface area (Å²) in [5, 5.41) is 3.00. The number of furan rings is 1.